The minimum absolute atomic E-state index is 0.290. The molecule has 1 aromatic carbocycles. The number of likely N-dealkylation sites (N-methyl/N-ethyl adjacent to an activating group) is 1. The van der Waals surface area contributed by atoms with Crippen molar-refractivity contribution in [3.8, 4) is 0 Å². The molecule has 1 heterocycles. The first-order chi connectivity index (χ1) is 11.2. The summed E-state index contributed by atoms with van der Waals surface area (Å²) in [7, 11) is -2.31. The second-order valence-corrected chi connectivity index (χ2v) is 8.62. The number of anilines is 1. The van der Waals surface area contributed by atoms with Gasteiger partial charge in [-0.3, -0.25) is 4.79 Å². The van der Waals surface area contributed by atoms with Gasteiger partial charge in [0.1, 0.15) is 5.82 Å². The molecule has 1 aliphatic heterocycles. The summed E-state index contributed by atoms with van der Waals surface area (Å²) in [6.07, 6.45) is 0.996. The molecule has 1 N–H and O–H groups in total. The third-order valence-electron chi connectivity index (χ3n) is 4.03. The molecule has 2 rings (SSSR count). The van der Waals surface area contributed by atoms with Gasteiger partial charge >= 0.3 is 0 Å². The quantitative estimate of drug-likeness (QED) is 0.875. The molecule has 6 nitrogen and oxygen atoms in total. The van der Waals surface area contributed by atoms with Crippen molar-refractivity contribution in [3.05, 3.63) is 30.1 Å². The van der Waals surface area contributed by atoms with Gasteiger partial charge in [0.05, 0.1) is 6.54 Å². The van der Waals surface area contributed by atoms with Crippen molar-refractivity contribution in [3.63, 3.8) is 0 Å². The van der Waals surface area contributed by atoms with Gasteiger partial charge in [0.2, 0.25) is 5.91 Å². The molecule has 1 aromatic rings. The number of amides is 1. The number of carbonyl (C=O) groups excluding carboxylic acids is 1. The number of benzene rings is 1. The first-order valence-electron chi connectivity index (χ1n) is 7.95. The van der Waals surface area contributed by atoms with Crippen LogP contribution >= 0.6 is 0 Å². The maximum atomic E-state index is 13.1. The van der Waals surface area contributed by atoms with E-state index in [1.165, 1.54) is 29.6 Å². The predicted molar refractivity (Wildman–Crippen MR) is 91.1 cm³/mol. The summed E-state index contributed by atoms with van der Waals surface area (Å²) in [6.45, 7) is 4.65. The summed E-state index contributed by atoms with van der Waals surface area (Å²) in [5.41, 5.74) is 0.297. The number of nitrogens with one attached hydrogen (secondary N) is 1. The lowest BCUT2D eigenvalue weighted by atomic mass is 9.94. The first-order valence-corrected chi connectivity index (χ1v) is 9.35. The maximum absolute atomic E-state index is 13.1. The largest absolute Gasteiger partial charge is 0.325 e. The van der Waals surface area contributed by atoms with Gasteiger partial charge in [0, 0.05) is 25.8 Å². The number of hydrogen-bond donors (Lipinski definition) is 1. The Bertz CT molecular complexity index is 686. The van der Waals surface area contributed by atoms with E-state index in [2.05, 4.69) is 5.32 Å². The third kappa shape index (κ3) is 4.75. The normalized spacial score (nSPS) is 22.5. The Morgan fingerprint density at radius 1 is 1.33 bits per heavy atom. The lowest BCUT2D eigenvalue weighted by Crippen LogP contribution is -2.49. The summed E-state index contributed by atoms with van der Waals surface area (Å²) in [5.74, 6) is -0.397. The van der Waals surface area contributed by atoms with Crippen LogP contribution < -0.4 is 5.32 Å². The molecule has 0 aliphatic carbocycles. The fraction of sp³-hybridized carbons (Fsp3) is 0.562. The SMILES string of the molecule is C[C@@H]1C[C@@H](C)CN(S(=O)(=O)N(C)CC(=O)Nc2cccc(F)c2)C1. The highest BCUT2D eigenvalue weighted by molar-refractivity contribution is 7.86. The minimum Gasteiger partial charge on any atom is -0.325 e. The highest BCUT2D eigenvalue weighted by Gasteiger charge is 2.33. The van der Waals surface area contributed by atoms with Crippen molar-refractivity contribution in [1.82, 2.24) is 8.61 Å². The molecule has 1 aliphatic rings. The maximum Gasteiger partial charge on any atom is 0.282 e. The average Bonchev–Trinajstić information content (AvgIpc) is 2.45. The monoisotopic (exact) mass is 357 g/mol. The van der Waals surface area contributed by atoms with E-state index in [0.29, 0.717) is 18.8 Å². The molecule has 134 valence electrons. The molecular formula is C16H24FN3O3S. The predicted octanol–water partition coefficient (Wildman–Crippen LogP) is 1.92. The minimum atomic E-state index is -3.69. The van der Waals surface area contributed by atoms with Gasteiger partial charge in [0.25, 0.3) is 10.2 Å². The summed E-state index contributed by atoms with van der Waals surface area (Å²) in [6, 6.07) is 5.47. The van der Waals surface area contributed by atoms with E-state index in [4.69, 9.17) is 0 Å². The summed E-state index contributed by atoms with van der Waals surface area (Å²) >= 11 is 0. The zero-order chi connectivity index (χ0) is 17.9. The molecule has 0 bridgehead atoms. The smallest absolute Gasteiger partial charge is 0.282 e. The lowest BCUT2D eigenvalue weighted by molar-refractivity contribution is -0.116. The lowest BCUT2D eigenvalue weighted by Gasteiger charge is -2.36. The van der Waals surface area contributed by atoms with Crippen molar-refractivity contribution in [1.29, 1.82) is 0 Å². The Morgan fingerprint density at radius 3 is 2.54 bits per heavy atom. The van der Waals surface area contributed by atoms with Gasteiger partial charge in [0.15, 0.2) is 0 Å². The summed E-state index contributed by atoms with van der Waals surface area (Å²) < 4.78 is 40.8. The molecule has 1 saturated heterocycles. The second kappa shape index (κ2) is 7.58. The highest BCUT2D eigenvalue weighted by atomic mass is 32.2. The van der Waals surface area contributed by atoms with Crippen LogP contribution in [0.2, 0.25) is 0 Å². The summed E-state index contributed by atoms with van der Waals surface area (Å²) in [5, 5.41) is 2.50. The van der Waals surface area contributed by atoms with E-state index in [1.54, 1.807) is 6.07 Å². The van der Waals surface area contributed by atoms with Crippen LogP contribution in [-0.2, 0) is 15.0 Å². The van der Waals surface area contributed by atoms with Crippen LogP contribution in [0.1, 0.15) is 20.3 Å². The van der Waals surface area contributed by atoms with E-state index in [-0.39, 0.29) is 18.4 Å². The van der Waals surface area contributed by atoms with Crippen LogP contribution in [0.25, 0.3) is 0 Å². The molecule has 24 heavy (non-hydrogen) atoms. The Kier molecular flexibility index (Phi) is 5.95. The summed E-state index contributed by atoms with van der Waals surface area (Å²) in [4.78, 5) is 12.0. The third-order valence-corrected chi connectivity index (χ3v) is 5.90. The Morgan fingerprint density at radius 2 is 1.96 bits per heavy atom. The number of nitrogens with zero attached hydrogens (tertiary/aromatic N) is 2. The van der Waals surface area contributed by atoms with Gasteiger partial charge < -0.3 is 5.32 Å². The number of rotatable bonds is 5. The van der Waals surface area contributed by atoms with E-state index in [9.17, 15) is 17.6 Å². The molecule has 1 fully saturated rings. The number of halogens is 1. The standard InChI is InChI=1S/C16H24FN3O3S/c1-12-7-13(2)10-20(9-12)24(22,23)19(3)11-16(21)18-15-6-4-5-14(17)8-15/h4-6,8,12-13H,7,9-11H2,1-3H3,(H,18,21)/t12-,13-/m1/s1. The van der Waals surface area contributed by atoms with E-state index in [0.717, 1.165) is 10.7 Å². The molecule has 0 spiro atoms. The van der Waals surface area contributed by atoms with E-state index in [1.807, 2.05) is 13.8 Å². The van der Waals surface area contributed by atoms with Crippen molar-refractivity contribution < 1.29 is 17.6 Å². The fourth-order valence-electron chi connectivity index (χ4n) is 3.04. The van der Waals surface area contributed by atoms with Crippen molar-refractivity contribution in [2.45, 2.75) is 20.3 Å². The van der Waals surface area contributed by atoms with Crippen molar-refractivity contribution in [2.75, 3.05) is 32.0 Å². The average molecular weight is 357 g/mol. The van der Waals surface area contributed by atoms with Crippen LogP contribution in [0.3, 0.4) is 0 Å². The van der Waals surface area contributed by atoms with Gasteiger partial charge in [-0.15, -0.1) is 0 Å². The van der Waals surface area contributed by atoms with E-state index < -0.39 is 21.9 Å². The number of carbonyl (C=O) groups is 1. The Balaban J connectivity index is 1.99. The molecular weight excluding hydrogens is 333 g/mol. The van der Waals surface area contributed by atoms with Crippen LogP contribution in [0.15, 0.2) is 24.3 Å². The molecule has 0 unspecified atom stereocenters. The van der Waals surface area contributed by atoms with Gasteiger partial charge in [-0.25, -0.2) is 4.39 Å². The number of hydrogen-bond acceptors (Lipinski definition) is 3. The van der Waals surface area contributed by atoms with Gasteiger partial charge in [-0.05, 0) is 36.5 Å². The van der Waals surface area contributed by atoms with Crippen LogP contribution in [-0.4, -0.2) is 49.6 Å². The molecule has 8 heteroatoms. The molecule has 1 amide bonds. The van der Waals surface area contributed by atoms with Gasteiger partial charge in [-0.1, -0.05) is 19.9 Å². The zero-order valence-corrected chi connectivity index (χ0v) is 15.0. The fourth-order valence-corrected chi connectivity index (χ4v) is 4.60. The molecule has 0 aromatic heterocycles. The van der Waals surface area contributed by atoms with E-state index >= 15 is 0 Å². The second-order valence-electron chi connectivity index (χ2n) is 6.59. The first kappa shape index (κ1) is 18.8. The number of piperidine rings is 1. The molecule has 0 radical (unpaired) electrons. The van der Waals surface area contributed by atoms with Crippen LogP contribution in [0.4, 0.5) is 10.1 Å². The Labute approximate surface area is 142 Å². The molecule has 2 atom stereocenters. The Hall–Kier alpha value is -1.51. The molecule has 0 saturated carbocycles. The van der Waals surface area contributed by atoms with Crippen molar-refractivity contribution >= 4 is 21.8 Å². The zero-order valence-electron chi connectivity index (χ0n) is 14.2. The van der Waals surface area contributed by atoms with Crippen LogP contribution in [0.5, 0.6) is 0 Å². The van der Waals surface area contributed by atoms with Gasteiger partial charge in [-0.2, -0.15) is 17.0 Å². The topological polar surface area (TPSA) is 69.7 Å². The van der Waals surface area contributed by atoms with Crippen molar-refractivity contribution in [2.24, 2.45) is 11.8 Å². The van der Waals surface area contributed by atoms with Crippen LogP contribution in [0, 0.1) is 17.7 Å². The highest BCUT2D eigenvalue weighted by Crippen LogP contribution is 2.24.